The Kier molecular flexibility index (Phi) is 7.02. The molecule has 2 aliphatic carbocycles. The van der Waals surface area contributed by atoms with Gasteiger partial charge < -0.3 is 10.6 Å². The van der Waals surface area contributed by atoms with Gasteiger partial charge in [-0.3, -0.25) is 9.59 Å². The van der Waals surface area contributed by atoms with Crippen LogP contribution in [-0.2, 0) is 16.0 Å². The van der Waals surface area contributed by atoms with E-state index in [0.29, 0.717) is 12.8 Å². The molecule has 178 valence electrons. The summed E-state index contributed by atoms with van der Waals surface area (Å²) in [5.74, 6) is 0.0160. The zero-order valence-corrected chi connectivity index (χ0v) is 23.5. The number of allylic oxidation sites excluding steroid dienone is 1. The molecule has 7 heteroatoms. The van der Waals surface area contributed by atoms with Crippen LogP contribution in [0.5, 0.6) is 0 Å². The predicted octanol–water partition coefficient (Wildman–Crippen LogP) is 7.84. The second-order valence-electron chi connectivity index (χ2n) is 9.19. The molecule has 0 heterocycles. The lowest BCUT2D eigenvalue weighted by Gasteiger charge is -2.37. The minimum atomic E-state index is -0.672. The molecule has 0 spiro atoms. The van der Waals surface area contributed by atoms with E-state index in [0.717, 1.165) is 31.2 Å². The van der Waals surface area contributed by atoms with Crippen LogP contribution in [0.3, 0.4) is 0 Å². The van der Waals surface area contributed by atoms with Crippen molar-refractivity contribution in [2.24, 2.45) is 11.3 Å². The van der Waals surface area contributed by atoms with Crippen molar-refractivity contribution in [3.63, 3.8) is 0 Å². The molecule has 0 radical (unpaired) electrons. The Balaban J connectivity index is 1.39. The largest absolute Gasteiger partial charge is 0.326 e. The van der Waals surface area contributed by atoms with E-state index in [1.54, 1.807) is 0 Å². The first-order chi connectivity index (χ1) is 16.8. The van der Waals surface area contributed by atoms with Crippen LogP contribution in [0, 0.1) is 11.3 Å². The van der Waals surface area contributed by atoms with Gasteiger partial charge in [-0.15, -0.1) is 0 Å². The van der Waals surface area contributed by atoms with Crippen LogP contribution in [-0.4, -0.2) is 11.8 Å². The summed E-state index contributed by atoms with van der Waals surface area (Å²) in [5, 5.41) is 6.13. The van der Waals surface area contributed by atoms with Crippen LogP contribution in [0.2, 0.25) is 0 Å². The van der Waals surface area contributed by atoms with Gasteiger partial charge in [0.2, 0.25) is 11.8 Å². The Morgan fingerprint density at radius 2 is 1.43 bits per heavy atom. The lowest BCUT2D eigenvalue weighted by atomic mass is 9.67. The second-order valence-corrected chi connectivity index (χ2v) is 11.9. The normalized spacial score (nSPS) is 22.3. The number of nitrogens with one attached hydrogen (secondary N) is 2. The third-order valence-electron chi connectivity index (χ3n) is 6.89. The molecule has 0 aromatic heterocycles. The highest BCUT2D eigenvalue weighted by Crippen LogP contribution is 2.55. The third-order valence-corrected chi connectivity index (χ3v) is 8.44. The number of rotatable bonds is 5. The van der Waals surface area contributed by atoms with Crippen molar-refractivity contribution in [2.75, 3.05) is 10.6 Å². The molecule has 3 aromatic rings. The predicted molar refractivity (Wildman–Crippen MR) is 150 cm³/mol. The molecular weight excluding hydrogens is 636 g/mol. The van der Waals surface area contributed by atoms with Gasteiger partial charge in [0.15, 0.2) is 0 Å². The Bertz CT molecular complexity index is 1300. The number of carbonyl (C=O) groups excluding carboxylic acids is 2. The fourth-order valence-electron chi connectivity index (χ4n) is 5.20. The van der Waals surface area contributed by atoms with Gasteiger partial charge in [0, 0.05) is 37.1 Å². The first kappa shape index (κ1) is 24.5. The molecule has 4 nitrogen and oxygen atoms in total. The van der Waals surface area contributed by atoms with Gasteiger partial charge >= 0.3 is 0 Å². The summed E-state index contributed by atoms with van der Waals surface area (Å²) in [5.41, 5.74) is 3.25. The highest BCUT2D eigenvalue weighted by molar-refractivity contribution is 9.11. The van der Waals surface area contributed by atoms with Crippen LogP contribution in [0.4, 0.5) is 11.4 Å². The lowest BCUT2D eigenvalue weighted by Crippen LogP contribution is -2.41. The smallest absolute Gasteiger partial charge is 0.235 e. The van der Waals surface area contributed by atoms with Gasteiger partial charge in [-0.2, -0.15) is 0 Å². The lowest BCUT2D eigenvalue weighted by molar-refractivity contribution is -0.124. The van der Waals surface area contributed by atoms with Gasteiger partial charge in [0.1, 0.15) is 0 Å². The van der Waals surface area contributed by atoms with Crippen molar-refractivity contribution in [3.05, 3.63) is 103 Å². The van der Waals surface area contributed by atoms with E-state index in [2.05, 4.69) is 82.7 Å². The molecule has 3 aromatic carbocycles. The minimum Gasteiger partial charge on any atom is -0.326 e. The summed E-state index contributed by atoms with van der Waals surface area (Å²) in [7, 11) is 0. The quantitative estimate of drug-likeness (QED) is 0.275. The standard InChI is InChI=1S/C28H23Br3N2O2/c29-19-3-7-22(8-4-19)32-26(34)14-17-11-12-28(27(35)33-23-9-5-20(30)6-10-23)16-18-1-2-21(31)15-24(18)25(28)13-17/h1-12,15,17,25H,13-14,16H2,(H,32,34)(H,33,35)/t17-,25-,28-/m1/s1. The van der Waals surface area contributed by atoms with Gasteiger partial charge in [-0.1, -0.05) is 66.0 Å². The molecule has 0 aliphatic heterocycles. The van der Waals surface area contributed by atoms with Crippen molar-refractivity contribution in [3.8, 4) is 0 Å². The number of anilines is 2. The van der Waals surface area contributed by atoms with Gasteiger partial charge in [-0.25, -0.2) is 0 Å². The van der Waals surface area contributed by atoms with Crippen molar-refractivity contribution < 1.29 is 9.59 Å². The van der Waals surface area contributed by atoms with E-state index < -0.39 is 5.41 Å². The molecule has 5 rings (SSSR count). The minimum absolute atomic E-state index is 0.000860. The van der Waals surface area contributed by atoms with E-state index in [-0.39, 0.29) is 23.7 Å². The maximum atomic E-state index is 13.7. The van der Waals surface area contributed by atoms with E-state index in [4.69, 9.17) is 0 Å². The van der Waals surface area contributed by atoms with Crippen LogP contribution in [0.25, 0.3) is 0 Å². The molecule has 0 fully saturated rings. The van der Waals surface area contributed by atoms with E-state index in [1.165, 1.54) is 11.1 Å². The summed E-state index contributed by atoms with van der Waals surface area (Å²) < 4.78 is 2.93. The average molecular weight is 659 g/mol. The number of amides is 2. The highest BCUT2D eigenvalue weighted by atomic mass is 79.9. The zero-order valence-electron chi connectivity index (χ0n) is 18.7. The summed E-state index contributed by atoms with van der Waals surface area (Å²) in [6.07, 6.45) is 5.88. The fourth-order valence-corrected chi connectivity index (χ4v) is 6.11. The number of fused-ring (bicyclic) bond motifs is 3. The summed E-state index contributed by atoms with van der Waals surface area (Å²) in [6.45, 7) is 0. The number of halogens is 3. The van der Waals surface area contributed by atoms with Crippen molar-refractivity contribution in [1.29, 1.82) is 0 Å². The summed E-state index contributed by atoms with van der Waals surface area (Å²) >= 11 is 10.5. The molecule has 2 aliphatic rings. The highest BCUT2D eigenvalue weighted by Gasteiger charge is 2.52. The first-order valence-corrected chi connectivity index (χ1v) is 13.8. The zero-order chi connectivity index (χ0) is 24.6. The first-order valence-electron chi connectivity index (χ1n) is 11.4. The maximum absolute atomic E-state index is 13.7. The number of carbonyl (C=O) groups is 2. The second kappa shape index (κ2) is 10.0. The Morgan fingerprint density at radius 3 is 2.09 bits per heavy atom. The summed E-state index contributed by atoms with van der Waals surface area (Å²) in [4.78, 5) is 26.5. The van der Waals surface area contributed by atoms with E-state index in [1.807, 2.05) is 54.6 Å². The van der Waals surface area contributed by atoms with Crippen LogP contribution in [0.15, 0.2) is 92.3 Å². The molecule has 2 amide bonds. The average Bonchev–Trinajstić information content (AvgIpc) is 3.16. The van der Waals surface area contributed by atoms with Gasteiger partial charge in [0.05, 0.1) is 5.41 Å². The molecule has 0 saturated carbocycles. The van der Waals surface area contributed by atoms with Crippen LogP contribution < -0.4 is 10.6 Å². The Hall–Kier alpha value is -2.22. The molecule has 0 unspecified atom stereocenters. The Morgan fingerprint density at radius 1 is 0.829 bits per heavy atom. The van der Waals surface area contributed by atoms with Crippen LogP contribution in [0.1, 0.15) is 29.9 Å². The number of hydrogen-bond acceptors (Lipinski definition) is 2. The van der Waals surface area contributed by atoms with Gasteiger partial charge in [-0.05, 0) is 90.6 Å². The fraction of sp³-hybridized carbons (Fsp3) is 0.214. The number of benzene rings is 3. The molecule has 0 saturated heterocycles. The monoisotopic (exact) mass is 656 g/mol. The maximum Gasteiger partial charge on any atom is 0.235 e. The van der Waals surface area contributed by atoms with Crippen molar-refractivity contribution in [2.45, 2.75) is 25.2 Å². The van der Waals surface area contributed by atoms with Crippen LogP contribution >= 0.6 is 47.8 Å². The van der Waals surface area contributed by atoms with Crippen molar-refractivity contribution in [1.82, 2.24) is 0 Å². The molecule has 0 bridgehead atoms. The number of hydrogen-bond donors (Lipinski definition) is 2. The molecule has 2 N–H and O–H groups in total. The topological polar surface area (TPSA) is 58.2 Å². The molecule has 35 heavy (non-hydrogen) atoms. The third kappa shape index (κ3) is 5.18. The van der Waals surface area contributed by atoms with E-state index >= 15 is 0 Å². The molecular formula is C28H23Br3N2O2. The SMILES string of the molecule is O=C(C[C@@H]1C=C[C@@]2(C(=O)Nc3ccc(Br)cc3)Cc3ccc(Br)cc3[C@H]2C1)Nc1ccc(Br)cc1. The van der Waals surface area contributed by atoms with E-state index in [9.17, 15) is 9.59 Å². The Labute approximate surface area is 230 Å². The summed E-state index contributed by atoms with van der Waals surface area (Å²) in [6, 6.07) is 21.5. The van der Waals surface area contributed by atoms with Gasteiger partial charge in [0.25, 0.3) is 0 Å². The van der Waals surface area contributed by atoms with Crippen molar-refractivity contribution >= 4 is 71.0 Å². The molecule has 3 atom stereocenters.